The number of aryl methyl sites for hydroxylation is 1. The average molecular weight is 366 g/mol. The highest BCUT2D eigenvalue weighted by Crippen LogP contribution is 2.29. The van der Waals surface area contributed by atoms with Crippen molar-refractivity contribution in [2.24, 2.45) is 0 Å². The van der Waals surface area contributed by atoms with Crippen LogP contribution in [0.25, 0.3) is 0 Å². The summed E-state index contributed by atoms with van der Waals surface area (Å²) in [7, 11) is -3.34. The first kappa shape index (κ1) is 17.3. The molecule has 1 N–H and O–H groups in total. The van der Waals surface area contributed by atoms with Gasteiger partial charge in [-0.15, -0.1) is 0 Å². The quantitative estimate of drug-likeness (QED) is 0.908. The van der Waals surface area contributed by atoms with E-state index in [1.165, 1.54) is 10.4 Å². The minimum absolute atomic E-state index is 0.0867. The molecule has 8 heteroatoms. The summed E-state index contributed by atoms with van der Waals surface area (Å²) in [6.45, 7) is 2.12. The number of hydrogen-bond acceptors (Lipinski definition) is 3. The highest BCUT2D eigenvalue weighted by Gasteiger charge is 2.28. The van der Waals surface area contributed by atoms with Crippen molar-refractivity contribution in [1.29, 1.82) is 0 Å². The summed E-state index contributed by atoms with van der Waals surface area (Å²) in [4.78, 5) is 12.3. The van der Waals surface area contributed by atoms with E-state index in [2.05, 4.69) is 5.32 Å². The number of carbonyl (C=O) groups excluding carboxylic acids is 1. The van der Waals surface area contributed by atoms with E-state index in [4.69, 9.17) is 0 Å². The second-order valence-electron chi connectivity index (χ2n) is 5.82. The van der Waals surface area contributed by atoms with Gasteiger partial charge < -0.3 is 5.32 Å². The van der Waals surface area contributed by atoms with Crippen LogP contribution in [0.1, 0.15) is 22.3 Å². The van der Waals surface area contributed by atoms with E-state index in [9.17, 15) is 22.0 Å². The van der Waals surface area contributed by atoms with Crippen molar-refractivity contribution in [3.05, 3.63) is 59.2 Å². The lowest BCUT2D eigenvalue weighted by Crippen LogP contribution is -2.25. The van der Waals surface area contributed by atoms with Crippen molar-refractivity contribution >= 4 is 27.3 Å². The molecule has 0 aliphatic carbocycles. The Balaban J connectivity index is 1.90. The monoisotopic (exact) mass is 366 g/mol. The number of halogens is 2. The molecular formula is C17H16F2N2O3S. The highest BCUT2D eigenvalue weighted by atomic mass is 32.2. The zero-order valence-corrected chi connectivity index (χ0v) is 14.2. The second-order valence-corrected chi connectivity index (χ2v) is 7.83. The number of nitrogens with one attached hydrogen (secondary N) is 1. The first-order valence-corrected chi connectivity index (χ1v) is 9.26. The van der Waals surface area contributed by atoms with Gasteiger partial charge in [-0.3, -0.25) is 9.10 Å². The third-order valence-electron chi connectivity index (χ3n) is 4.03. The van der Waals surface area contributed by atoms with Crippen molar-refractivity contribution < 1.29 is 22.0 Å². The third kappa shape index (κ3) is 3.48. The number of nitrogens with zero attached hydrogens (tertiary/aromatic N) is 1. The molecule has 3 rings (SSSR count). The molecule has 0 aromatic heterocycles. The Kier molecular flexibility index (Phi) is 4.47. The van der Waals surface area contributed by atoms with Crippen LogP contribution in [-0.2, 0) is 10.0 Å². The van der Waals surface area contributed by atoms with Gasteiger partial charge >= 0.3 is 0 Å². The molecule has 0 saturated carbocycles. The predicted octanol–water partition coefficient (Wildman–Crippen LogP) is 3.07. The SMILES string of the molecule is Cc1ccc(N2CCCS2(=O)=O)cc1NC(=O)c1ccc(F)cc1F. The molecule has 5 nitrogen and oxygen atoms in total. The number of anilines is 2. The molecular weight excluding hydrogens is 350 g/mol. The predicted molar refractivity (Wildman–Crippen MR) is 91.2 cm³/mol. The normalized spacial score (nSPS) is 16.0. The molecule has 2 aromatic rings. The lowest BCUT2D eigenvalue weighted by Gasteiger charge is -2.19. The topological polar surface area (TPSA) is 66.5 Å². The van der Waals surface area contributed by atoms with Crippen LogP contribution in [0.15, 0.2) is 36.4 Å². The van der Waals surface area contributed by atoms with E-state index in [-0.39, 0.29) is 11.3 Å². The van der Waals surface area contributed by atoms with Crippen LogP contribution in [0.5, 0.6) is 0 Å². The summed E-state index contributed by atoms with van der Waals surface area (Å²) in [5.41, 5.74) is 1.21. The van der Waals surface area contributed by atoms with Gasteiger partial charge in [-0.05, 0) is 43.2 Å². The molecule has 1 heterocycles. The van der Waals surface area contributed by atoms with Gasteiger partial charge in [0.2, 0.25) is 10.0 Å². The number of benzene rings is 2. The molecule has 1 fully saturated rings. The van der Waals surface area contributed by atoms with Crippen LogP contribution in [0.2, 0.25) is 0 Å². The van der Waals surface area contributed by atoms with Crippen LogP contribution in [-0.4, -0.2) is 26.6 Å². The summed E-state index contributed by atoms with van der Waals surface area (Å²) in [5, 5.41) is 2.56. The van der Waals surface area contributed by atoms with Crippen LogP contribution < -0.4 is 9.62 Å². The first-order chi connectivity index (χ1) is 11.8. The zero-order valence-electron chi connectivity index (χ0n) is 13.4. The summed E-state index contributed by atoms with van der Waals surface area (Å²) < 4.78 is 52.1. The number of carbonyl (C=O) groups is 1. The van der Waals surface area contributed by atoms with Crippen molar-refractivity contribution in [3.63, 3.8) is 0 Å². The van der Waals surface area contributed by atoms with Crippen molar-refractivity contribution in [2.45, 2.75) is 13.3 Å². The maximum absolute atomic E-state index is 13.7. The molecule has 132 valence electrons. The van der Waals surface area contributed by atoms with E-state index in [1.807, 2.05) is 0 Å². The van der Waals surface area contributed by atoms with Crippen molar-refractivity contribution in [3.8, 4) is 0 Å². The molecule has 0 unspecified atom stereocenters. The largest absolute Gasteiger partial charge is 0.322 e. The Morgan fingerprint density at radius 2 is 1.92 bits per heavy atom. The van der Waals surface area contributed by atoms with Crippen LogP contribution in [0.4, 0.5) is 20.2 Å². The van der Waals surface area contributed by atoms with Crippen LogP contribution >= 0.6 is 0 Å². The summed E-state index contributed by atoms with van der Waals surface area (Å²) in [6.07, 6.45) is 0.540. The summed E-state index contributed by atoms with van der Waals surface area (Å²) in [6, 6.07) is 7.57. The Morgan fingerprint density at radius 3 is 2.56 bits per heavy atom. The van der Waals surface area contributed by atoms with E-state index in [1.54, 1.807) is 19.1 Å². The molecule has 0 spiro atoms. The molecule has 2 aromatic carbocycles. The third-order valence-corrected chi connectivity index (χ3v) is 5.90. The van der Waals surface area contributed by atoms with E-state index in [0.717, 1.165) is 12.1 Å². The fraction of sp³-hybridized carbons (Fsp3) is 0.235. The Labute approximate surface area is 144 Å². The van der Waals surface area contributed by atoms with Crippen molar-refractivity contribution in [2.75, 3.05) is 21.9 Å². The highest BCUT2D eigenvalue weighted by molar-refractivity contribution is 7.93. The van der Waals surface area contributed by atoms with Gasteiger partial charge in [0.25, 0.3) is 5.91 Å². The van der Waals surface area contributed by atoms with E-state index >= 15 is 0 Å². The maximum Gasteiger partial charge on any atom is 0.258 e. The van der Waals surface area contributed by atoms with Gasteiger partial charge in [-0.2, -0.15) is 0 Å². The minimum atomic E-state index is -3.34. The van der Waals surface area contributed by atoms with Gasteiger partial charge in [0.05, 0.1) is 17.0 Å². The molecule has 1 amide bonds. The molecule has 0 atom stereocenters. The Morgan fingerprint density at radius 1 is 1.16 bits per heavy atom. The smallest absolute Gasteiger partial charge is 0.258 e. The molecule has 0 radical (unpaired) electrons. The van der Waals surface area contributed by atoms with Gasteiger partial charge in [0, 0.05) is 18.3 Å². The number of hydrogen-bond donors (Lipinski definition) is 1. The molecule has 1 saturated heterocycles. The Hall–Kier alpha value is -2.48. The average Bonchev–Trinajstić information content (AvgIpc) is 2.88. The maximum atomic E-state index is 13.7. The molecule has 1 aliphatic heterocycles. The van der Waals surface area contributed by atoms with Gasteiger partial charge in [-0.25, -0.2) is 17.2 Å². The number of rotatable bonds is 3. The molecule has 25 heavy (non-hydrogen) atoms. The standard InChI is InChI=1S/C17H16F2N2O3S/c1-11-3-5-13(21-7-2-8-25(21,23)24)10-16(11)20-17(22)14-6-4-12(18)9-15(14)19/h3-6,9-10H,2,7-8H2,1H3,(H,20,22). The Bertz CT molecular complexity index is 945. The zero-order chi connectivity index (χ0) is 18.2. The molecule has 1 aliphatic rings. The van der Waals surface area contributed by atoms with Crippen LogP contribution in [0, 0.1) is 18.6 Å². The van der Waals surface area contributed by atoms with E-state index < -0.39 is 27.6 Å². The fourth-order valence-electron chi connectivity index (χ4n) is 2.69. The van der Waals surface area contributed by atoms with Gasteiger partial charge in [0.15, 0.2) is 0 Å². The lowest BCUT2D eigenvalue weighted by molar-refractivity contribution is 0.102. The minimum Gasteiger partial charge on any atom is -0.322 e. The summed E-state index contributed by atoms with van der Waals surface area (Å²) in [5.74, 6) is -2.38. The summed E-state index contributed by atoms with van der Waals surface area (Å²) >= 11 is 0. The van der Waals surface area contributed by atoms with Gasteiger partial charge in [0.1, 0.15) is 11.6 Å². The number of amides is 1. The first-order valence-electron chi connectivity index (χ1n) is 7.65. The lowest BCUT2D eigenvalue weighted by atomic mass is 10.1. The molecule has 0 bridgehead atoms. The number of sulfonamides is 1. The fourth-order valence-corrected chi connectivity index (χ4v) is 4.25. The van der Waals surface area contributed by atoms with Crippen molar-refractivity contribution in [1.82, 2.24) is 0 Å². The van der Waals surface area contributed by atoms with Crippen LogP contribution in [0.3, 0.4) is 0 Å². The van der Waals surface area contributed by atoms with E-state index in [0.29, 0.717) is 36.0 Å². The second kappa shape index (κ2) is 6.44. The van der Waals surface area contributed by atoms with Gasteiger partial charge in [-0.1, -0.05) is 6.07 Å².